The van der Waals surface area contributed by atoms with Crippen LogP contribution in [0, 0.1) is 12.8 Å². The third kappa shape index (κ3) is 3.91. The zero-order valence-electron chi connectivity index (χ0n) is 15.8. The molecule has 4 rings (SSSR count). The number of aryl methyl sites for hydroxylation is 2. The Morgan fingerprint density at radius 2 is 1.57 bits per heavy atom. The van der Waals surface area contributed by atoms with Crippen LogP contribution in [-0.2, 0) is 20.8 Å². The summed E-state index contributed by atoms with van der Waals surface area (Å²) in [5, 5.41) is 5.23. The molecule has 1 fully saturated rings. The van der Waals surface area contributed by atoms with Crippen LogP contribution in [0.15, 0.2) is 42.5 Å². The van der Waals surface area contributed by atoms with Crippen LogP contribution >= 0.6 is 0 Å². The van der Waals surface area contributed by atoms with E-state index in [-0.39, 0.29) is 11.8 Å². The average molecular weight is 377 g/mol. The van der Waals surface area contributed by atoms with E-state index in [2.05, 4.69) is 10.6 Å². The van der Waals surface area contributed by atoms with Gasteiger partial charge in [-0.3, -0.25) is 14.4 Å². The standard InChI is InChI=1S/C22H23N3O3/c1-14-4-9-17(10-5-14)23-20(26)21(27)24-18-11-8-15-3-2-12-25(19(15)13-18)22(28)16-6-7-16/h4-5,8-11,13,16H,2-3,6-7,12H2,1H3,(H,23,26)(H,24,27). The molecule has 1 saturated carbocycles. The van der Waals surface area contributed by atoms with Crippen molar-refractivity contribution in [3.8, 4) is 0 Å². The van der Waals surface area contributed by atoms with Crippen LogP contribution in [0.2, 0.25) is 0 Å². The zero-order chi connectivity index (χ0) is 19.7. The lowest BCUT2D eigenvalue weighted by molar-refractivity contribution is -0.132. The molecule has 2 aromatic rings. The van der Waals surface area contributed by atoms with Gasteiger partial charge in [-0.15, -0.1) is 0 Å². The average Bonchev–Trinajstić information content (AvgIpc) is 3.54. The molecule has 0 saturated heterocycles. The van der Waals surface area contributed by atoms with Gasteiger partial charge in [-0.1, -0.05) is 23.8 Å². The van der Waals surface area contributed by atoms with Crippen molar-refractivity contribution in [2.45, 2.75) is 32.6 Å². The maximum atomic E-state index is 12.6. The molecule has 6 nitrogen and oxygen atoms in total. The van der Waals surface area contributed by atoms with Gasteiger partial charge in [0.05, 0.1) is 0 Å². The van der Waals surface area contributed by atoms with Gasteiger partial charge >= 0.3 is 11.8 Å². The van der Waals surface area contributed by atoms with Crippen molar-refractivity contribution in [1.82, 2.24) is 0 Å². The summed E-state index contributed by atoms with van der Waals surface area (Å²) in [6, 6.07) is 12.7. The SMILES string of the molecule is Cc1ccc(NC(=O)C(=O)Nc2ccc3c(c2)N(C(=O)C2CC2)CCC3)cc1. The van der Waals surface area contributed by atoms with Crippen molar-refractivity contribution in [2.75, 3.05) is 22.1 Å². The maximum Gasteiger partial charge on any atom is 0.314 e. The Kier molecular flexibility index (Phi) is 4.86. The quantitative estimate of drug-likeness (QED) is 0.806. The van der Waals surface area contributed by atoms with Gasteiger partial charge in [0.25, 0.3) is 0 Å². The van der Waals surface area contributed by atoms with Crippen LogP contribution in [0.3, 0.4) is 0 Å². The summed E-state index contributed by atoms with van der Waals surface area (Å²) in [6.45, 7) is 2.65. The second-order valence-corrected chi connectivity index (χ2v) is 7.49. The molecule has 2 aromatic carbocycles. The zero-order valence-corrected chi connectivity index (χ0v) is 15.8. The van der Waals surface area contributed by atoms with Gasteiger partial charge in [0.15, 0.2) is 0 Å². The first-order valence-electron chi connectivity index (χ1n) is 9.64. The van der Waals surface area contributed by atoms with E-state index >= 15 is 0 Å². The summed E-state index contributed by atoms with van der Waals surface area (Å²) < 4.78 is 0. The molecule has 1 aliphatic heterocycles. The van der Waals surface area contributed by atoms with Gasteiger partial charge in [-0.05, 0) is 62.4 Å². The minimum Gasteiger partial charge on any atom is -0.318 e. The van der Waals surface area contributed by atoms with Crippen LogP contribution in [-0.4, -0.2) is 24.3 Å². The molecule has 0 unspecified atom stereocenters. The molecule has 0 bridgehead atoms. The molecule has 144 valence electrons. The maximum absolute atomic E-state index is 12.6. The Hall–Kier alpha value is -3.15. The molecule has 1 heterocycles. The fourth-order valence-electron chi connectivity index (χ4n) is 3.44. The number of rotatable bonds is 3. The number of benzene rings is 2. The van der Waals surface area contributed by atoms with E-state index in [9.17, 15) is 14.4 Å². The van der Waals surface area contributed by atoms with E-state index in [1.807, 2.05) is 30.0 Å². The molecule has 0 spiro atoms. The van der Waals surface area contributed by atoms with Crippen molar-refractivity contribution in [3.05, 3.63) is 53.6 Å². The van der Waals surface area contributed by atoms with Crippen LogP contribution in [0.4, 0.5) is 17.1 Å². The molecule has 0 radical (unpaired) electrons. The van der Waals surface area contributed by atoms with E-state index in [1.165, 1.54) is 0 Å². The Morgan fingerprint density at radius 1 is 0.929 bits per heavy atom. The van der Waals surface area contributed by atoms with Crippen molar-refractivity contribution in [3.63, 3.8) is 0 Å². The highest BCUT2D eigenvalue weighted by molar-refractivity contribution is 6.43. The highest BCUT2D eigenvalue weighted by Crippen LogP contribution is 2.36. The third-order valence-corrected chi connectivity index (χ3v) is 5.17. The summed E-state index contributed by atoms with van der Waals surface area (Å²) in [5.74, 6) is -1.16. The Morgan fingerprint density at radius 3 is 2.25 bits per heavy atom. The molecule has 0 atom stereocenters. The van der Waals surface area contributed by atoms with Crippen molar-refractivity contribution < 1.29 is 14.4 Å². The van der Waals surface area contributed by atoms with Gasteiger partial charge < -0.3 is 15.5 Å². The molecular weight excluding hydrogens is 354 g/mol. The fourth-order valence-corrected chi connectivity index (χ4v) is 3.44. The van der Waals surface area contributed by atoms with Crippen LogP contribution in [0.25, 0.3) is 0 Å². The molecule has 28 heavy (non-hydrogen) atoms. The number of anilines is 3. The number of nitrogens with zero attached hydrogens (tertiary/aromatic N) is 1. The predicted octanol–water partition coefficient (Wildman–Crippen LogP) is 3.26. The molecule has 6 heteroatoms. The number of hydrogen-bond donors (Lipinski definition) is 2. The van der Waals surface area contributed by atoms with Crippen molar-refractivity contribution >= 4 is 34.8 Å². The number of nitrogens with one attached hydrogen (secondary N) is 2. The smallest absolute Gasteiger partial charge is 0.314 e. The first kappa shape index (κ1) is 18.2. The van der Waals surface area contributed by atoms with E-state index in [1.54, 1.807) is 24.3 Å². The largest absolute Gasteiger partial charge is 0.318 e. The number of carbonyl (C=O) groups is 3. The van der Waals surface area contributed by atoms with Gasteiger partial charge in [0.2, 0.25) is 5.91 Å². The van der Waals surface area contributed by atoms with E-state index in [4.69, 9.17) is 0 Å². The Bertz CT molecular complexity index is 933. The summed E-state index contributed by atoms with van der Waals surface area (Å²) in [4.78, 5) is 38.9. The number of carbonyl (C=O) groups excluding carboxylic acids is 3. The van der Waals surface area contributed by atoms with Crippen LogP contribution in [0.1, 0.15) is 30.4 Å². The first-order chi connectivity index (χ1) is 13.5. The van der Waals surface area contributed by atoms with E-state index in [0.29, 0.717) is 17.9 Å². The fraction of sp³-hybridized carbons (Fsp3) is 0.318. The molecule has 2 aliphatic rings. The molecule has 0 aromatic heterocycles. The summed E-state index contributed by atoms with van der Waals surface area (Å²) in [6.07, 6.45) is 3.77. The second kappa shape index (κ2) is 7.46. The van der Waals surface area contributed by atoms with Gasteiger partial charge in [0, 0.05) is 29.5 Å². The highest BCUT2D eigenvalue weighted by Gasteiger charge is 2.35. The van der Waals surface area contributed by atoms with E-state index < -0.39 is 11.8 Å². The Labute approximate surface area is 163 Å². The first-order valence-corrected chi connectivity index (χ1v) is 9.64. The number of amides is 3. The van der Waals surface area contributed by atoms with Crippen LogP contribution < -0.4 is 15.5 Å². The topological polar surface area (TPSA) is 78.5 Å². The minimum atomic E-state index is -0.739. The lowest BCUT2D eigenvalue weighted by Crippen LogP contribution is -2.36. The highest BCUT2D eigenvalue weighted by atomic mass is 16.2. The molecule has 3 amide bonds. The molecule has 2 N–H and O–H groups in total. The Balaban J connectivity index is 1.46. The normalized spacial score (nSPS) is 15.5. The van der Waals surface area contributed by atoms with Crippen molar-refractivity contribution in [1.29, 1.82) is 0 Å². The van der Waals surface area contributed by atoms with Crippen LogP contribution in [0.5, 0.6) is 0 Å². The summed E-state index contributed by atoms with van der Waals surface area (Å²) in [5.41, 5.74) is 4.10. The lowest BCUT2D eigenvalue weighted by Gasteiger charge is -2.30. The predicted molar refractivity (Wildman–Crippen MR) is 108 cm³/mol. The minimum absolute atomic E-state index is 0.143. The molecule has 1 aliphatic carbocycles. The van der Waals surface area contributed by atoms with Gasteiger partial charge in [-0.2, -0.15) is 0 Å². The molecular formula is C22H23N3O3. The van der Waals surface area contributed by atoms with Crippen molar-refractivity contribution in [2.24, 2.45) is 5.92 Å². The summed E-state index contributed by atoms with van der Waals surface area (Å²) in [7, 11) is 0. The third-order valence-electron chi connectivity index (χ3n) is 5.17. The lowest BCUT2D eigenvalue weighted by atomic mass is 10.0. The van der Waals surface area contributed by atoms with E-state index in [0.717, 1.165) is 42.5 Å². The monoisotopic (exact) mass is 377 g/mol. The number of hydrogen-bond acceptors (Lipinski definition) is 3. The van der Waals surface area contributed by atoms with Gasteiger partial charge in [0.1, 0.15) is 0 Å². The second-order valence-electron chi connectivity index (χ2n) is 7.49. The van der Waals surface area contributed by atoms with Gasteiger partial charge in [-0.25, -0.2) is 0 Å². The summed E-state index contributed by atoms with van der Waals surface area (Å²) >= 11 is 0. The number of fused-ring (bicyclic) bond motifs is 1.